The number of hydrogen-bond acceptors (Lipinski definition) is 8. The number of aromatic nitrogens is 2. The molecule has 1 fully saturated rings. The molecule has 2 aromatic carbocycles. The van der Waals surface area contributed by atoms with Gasteiger partial charge in [0.05, 0.1) is 23.7 Å². The Labute approximate surface area is 256 Å². The summed E-state index contributed by atoms with van der Waals surface area (Å²) < 4.78 is 41.6. The lowest BCUT2D eigenvalue weighted by Crippen LogP contribution is -2.52. The molecule has 0 aliphatic carbocycles. The zero-order valence-corrected chi connectivity index (χ0v) is 27.2. The highest BCUT2D eigenvalue weighted by molar-refractivity contribution is 7.93. The average molecular weight is 608 g/mol. The lowest BCUT2D eigenvalue weighted by atomic mass is 9.82. The van der Waals surface area contributed by atoms with Crippen molar-refractivity contribution in [3.05, 3.63) is 65.4 Å². The van der Waals surface area contributed by atoms with Crippen molar-refractivity contribution in [2.24, 2.45) is 0 Å². The van der Waals surface area contributed by atoms with Crippen molar-refractivity contribution in [2.75, 3.05) is 50.1 Å². The first kappa shape index (κ1) is 31.1. The molecule has 3 aromatic rings. The van der Waals surface area contributed by atoms with Gasteiger partial charge in [0.25, 0.3) is 10.0 Å². The van der Waals surface area contributed by atoms with Gasteiger partial charge in [-0.05, 0) is 94.6 Å². The number of ether oxygens (including phenoxy) is 2. The molecule has 232 valence electrons. The standard InChI is InChI=1S/C33H45N5O4S/c1-7-8-14-33(36(4)5)15-18-37(19-16-33)30-13-17-34-32(35-30)42-23-27-22-26-11-9-10-12-29(26)38(27)43(39,40)31-24(2)20-28(41-6)21-25(31)3/h9-13,17,20-21,27H,7-8,14-16,18-19,22-23H2,1-6H3/t27-/m0/s1. The molecule has 1 atom stereocenters. The normalized spacial score (nSPS) is 18.2. The van der Waals surface area contributed by atoms with Crippen LogP contribution in [0.4, 0.5) is 11.5 Å². The SMILES string of the molecule is CCCCC1(N(C)C)CCN(c2ccnc(OC[C@@H]3Cc4ccccc4N3S(=O)(=O)c3c(C)cc(OC)cc3C)n2)CC1. The van der Waals surface area contributed by atoms with Crippen LogP contribution in [0.5, 0.6) is 11.8 Å². The fraction of sp³-hybridized carbons (Fsp3) is 0.515. The van der Waals surface area contributed by atoms with E-state index in [2.05, 4.69) is 35.8 Å². The van der Waals surface area contributed by atoms with Crippen molar-refractivity contribution in [3.8, 4) is 11.8 Å². The van der Waals surface area contributed by atoms with Crippen LogP contribution in [0.15, 0.2) is 53.6 Å². The zero-order chi connectivity index (χ0) is 30.8. The van der Waals surface area contributed by atoms with Crippen molar-refractivity contribution in [1.29, 1.82) is 0 Å². The van der Waals surface area contributed by atoms with E-state index < -0.39 is 16.1 Å². The Balaban J connectivity index is 1.34. The maximum atomic E-state index is 14.3. The summed E-state index contributed by atoms with van der Waals surface area (Å²) in [6.07, 6.45) is 8.08. The molecule has 5 rings (SSSR count). The van der Waals surface area contributed by atoms with E-state index in [4.69, 9.17) is 14.5 Å². The third kappa shape index (κ3) is 6.17. The lowest BCUT2D eigenvalue weighted by molar-refractivity contribution is 0.103. The van der Waals surface area contributed by atoms with E-state index in [1.54, 1.807) is 25.4 Å². The van der Waals surface area contributed by atoms with Crippen molar-refractivity contribution in [1.82, 2.24) is 14.9 Å². The Kier molecular flexibility index (Phi) is 9.18. The summed E-state index contributed by atoms with van der Waals surface area (Å²) >= 11 is 0. The van der Waals surface area contributed by atoms with Crippen LogP contribution in [0, 0.1) is 13.8 Å². The maximum absolute atomic E-state index is 14.3. The number of benzene rings is 2. The molecule has 1 saturated heterocycles. The number of anilines is 2. The fourth-order valence-corrected chi connectivity index (χ4v) is 8.84. The minimum atomic E-state index is -3.90. The molecule has 2 aliphatic heterocycles. The number of fused-ring (bicyclic) bond motifs is 1. The topological polar surface area (TPSA) is 88.1 Å². The number of para-hydroxylation sites is 1. The molecule has 9 nitrogen and oxygen atoms in total. The van der Waals surface area contributed by atoms with Gasteiger partial charge in [0.1, 0.15) is 18.2 Å². The van der Waals surface area contributed by atoms with E-state index in [0.717, 1.165) is 37.3 Å². The van der Waals surface area contributed by atoms with Gasteiger partial charge in [-0.3, -0.25) is 4.31 Å². The molecule has 0 spiro atoms. The second kappa shape index (κ2) is 12.7. The summed E-state index contributed by atoms with van der Waals surface area (Å²) in [6, 6.07) is 12.9. The predicted molar refractivity (Wildman–Crippen MR) is 171 cm³/mol. The van der Waals surface area contributed by atoms with Gasteiger partial charge >= 0.3 is 6.01 Å². The maximum Gasteiger partial charge on any atom is 0.318 e. The minimum Gasteiger partial charge on any atom is -0.497 e. The second-order valence-corrected chi connectivity index (χ2v) is 13.8. The van der Waals surface area contributed by atoms with Crippen molar-refractivity contribution >= 4 is 21.5 Å². The second-order valence-electron chi connectivity index (χ2n) is 12.1. The molecule has 2 aliphatic rings. The van der Waals surface area contributed by atoms with Crippen LogP contribution in [0.2, 0.25) is 0 Å². The number of piperidine rings is 1. The number of methoxy groups -OCH3 is 1. The molecule has 0 unspecified atom stereocenters. The molecule has 0 saturated carbocycles. The highest BCUT2D eigenvalue weighted by Gasteiger charge is 2.40. The van der Waals surface area contributed by atoms with Crippen LogP contribution < -0.4 is 18.7 Å². The molecule has 0 amide bonds. The summed E-state index contributed by atoms with van der Waals surface area (Å²) in [7, 11) is 2.08. The first-order chi connectivity index (χ1) is 20.6. The van der Waals surface area contributed by atoms with Gasteiger partial charge in [-0.1, -0.05) is 38.0 Å². The Bertz CT molecular complexity index is 1510. The van der Waals surface area contributed by atoms with Gasteiger partial charge in [-0.25, -0.2) is 13.4 Å². The number of sulfonamides is 1. The molecule has 0 N–H and O–H groups in total. The van der Waals surface area contributed by atoms with Crippen molar-refractivity contribution in [2.45, 2.75) is 75.8 Å². The monoisotopic (exact) mass is 607 g/mol. The van der Waals surface area contributed by atoms with E-state index in [-0.39, 0.29) is 18.2 Å². The van der Waals surface area contributed by atoms with Crippen LogP contribution in [0.25, 0.3) is 0 Å². The van der Waals surface area contributed by atoms with E-state index in [0.29, 0.717) is 33.9 Å². The van der Waals surface area contributed by atoms with Crippen molar-refractivity contribution in [3.63, 3.8) is 0 Å². The minimum absolute atomic E-state index is 0.131. The Morgan fingerprint density at radius 2 is 1.77 bits per heavy atom. The lowest BCUT2D eigenvalue weighted by Gasteiger charge is -2.46. The summed E-state index contributed by atoms with van der Waals surface area (Å²) in [5, 5.41) is 0. The first-order valence-electron chi connectivity index (χ1n) is 15.3. The Morgan fingerprint density at radius 3 is 2.42 bits per heavy atom. The van der Waals surface area contributed by atoms with Crippen LogP contribution >= 0.6 is 0 Å². The molecule has 1 aromatic heterocycles. The summed E-state index contributed by atoms with van der Waals surface area (Å²) in [6.45, 7) is 7.84. The third-order valence-corrected chi connectivity index (χ3v) is 11.4. The molecule has 10 heteroatoms. The molecular weight excluding hydrogens is 562 g/mol. The first-order valence-corrected chi connectivity index (χ1v) is 16.7. The smallest absolute Gasteiger partial charge is 0.318 e. The largest absolute Gasteiger partial charge is 0.497 e. The van der Waals surface area contributed by atoms with Gasteiger partial charge in [0.2, 0.25) is 0 Å². The van der Waals surface area contributed by atoms with Crippen LogP contribution in [-0.2, 0) is 16.4 Å². The van der Waals surface area contributed by atoms with E-state index >= 15 is 0 Å². The summed E-state index contributed by atoms with van der Waals surface area (Å²) in [4.78, 5) is 14.1. The fourth-order valence-electron chi connectivity index (χ4n) is 6.74. The van der Waals surface area contributed by atoms with Gasteiger partial charge < -0.3 is 19.3 Å². The Morgan fingerprint density at radius 1 is 1.07 bits per heavy atom. The van der Waals surface area contributed by atoms with Crippen molar-refractivity contribution < 1.29 is 17.9 Å². The van der Waals surface area contributed by atoms with Gasteiger partial charge in [-0.2, -0.15) is 4.98 Å². The highest BCUT2D eigenvalue weighted by Crippen LogP contribution is 2.39. The molecule has 43 heavy (non-hydrogen) atoms. The summed E-state index contributed by atoms with van der Waals surface area (Å²) in [5.74, 6) is 1.48. The quantitative estimate of drug-likeness (QED) is 0.287. The van der Waals surface area contributed by atoms with E-state index in [9.17, 15) is 8.42 Å². The van der Waals surface area contributed by atoms with Gasteiger partial charge in [-0.15, -0.1) is 0 Å². The molecular formula is C33H45N5O4S. The van der Waals surface area contributed by atoms with Crippen LogP contribution in [0.1, 0.15) is 55.7 Å². The number of aryl methyl sites for hydroxylation is 2. The number of hydrogen-bond donors (Lipinski definition) is 0. The Hall–Kier alpha value is -3.37. The van der Waals surface area contributed by atoms with Crippen LogP contribution in [-0.4, -0.2) is 75.8 Å². The molecule has 0 radical (unpaired) electrons. The highest BCUT2D eigenvalue weighted by atomic mass is 32.2. The molecule has 3 heterocycles. The number of unbranched alkanes of at least 4 members (excludes halogenated alkanes) is 1. The molecule has 0 bridgehead atoms. The van der Waals surface area contributed by atoms with Crippen LogP contribution in [0.3, 0.4) is 0 Å². The third-order valence-electron chi connectivity index (χ3n) is 9.19. The predicted octanol–water partition coefficient (Wildman–Crippen LogP) is 5.39. The average Bonchev–Trinajstić information content (AvgIpc) is 3.38. The van der Waals surface area contributed by atoms with E-state index in [1.807, 2.05) is 44.2 Å². The summed E-state index contributed by atoms with van der Waals surface area (Å²) in [5.41, 5.74) is 3.17. The number of nitrogens with zero attached hydrogens (tertiary/aromatic N) is 5. The van der Waals surface area contributed by atoms with Gasteiger partial charge in [0.15, 0.2) is 0 Å². The van der Waals surface area contributed by atoms with E-state index in [1.165, 1.54) is 23.6 Å². The number of rotatable bonds is 11. The van der Waals surface area contributed by atoms with Gasteiger partial charge in [0, 0.05) is 24.8 Å². The zero-order valence-electron chi connectivity index (χ0n) is 26.3.